The number of nitrogens with one attached hydrogen (secondary N) is 1. The minimum atomic E-state index is -5.05. The average molecular weight is 239 g/mol. The first-order valence-corrected chi connectivity index (χ1v) is 3.90. The fraction of sp³-hybridized carbons (Fsp3) is 0.250. The van der Waals surface area contributed by atoms with Gasteiger partial charge in [-0.15, -0.1) is 13.2 Å². The van der Waals surface area contributed by atoms with E-state index in [9.17, 15) is 27.2 Å². The molecule has 0 spiro atoms. The quantitative estimate of drug-likeness (QED) is 0.643. The van der Waals surface area contributed by atoms with Crippen LogP contribution in [0.2, 0.25) is 0 Å². The summed E-state index contributed by atoms with van der Waals surface area (Å²) in [4.78, 5) is 23.6. The Morgan fingerprint density at radius 1 is 1.44 bits per heavy atom. The maximum atomic E-state index is 12.3. The predicted molar refractivity (Wildman–Crippen MR) is 43.9 cm³/mol. The van der Waals surface area contributed by atoms with Crippen molar-refractivity contribution < 1.29 is 27.1 Å². The number of hydrogen-bond acceptors (Lipinski definition) is 3. The predicted octanol–water partition coefficient (Wildman–Crippen LogP) is 1.56. The van der Waals surface area contributed by atoms with Crippen LogP contribution in [0.4, 0.5) is 17.6 Å². The summed E-state index contributed by atoms with van der Waals surface area (Å²) in [6.07, 6.45) is -4.37. The summed E-state index contributed by atoms with van der Waals surface area (Å²) >= 11 is 0. The Kier molecular flexibility index (Phi) is 3.31. The summed E-state index contributed by atoms with van der Waals surface area (Å²) in [5.41, 5.74) is -2.42. The van der Waals surface area contributed by atoms with Crippen LogP contribution in [0, 0.1) is 0 Å². The fourth-order valence-electron chi connectivity index (χ4n) is 1.01. The van der Waals surface area contributed by atoms with Crippen molar-refractivity contribution in [3.8, 4) is 5.75 Å². The first-order valence-electron chi connectivity index (χ1n) is 3.90. The number of alkyl halides is 4. The van der Waals surface area contributed by atoms with Gasteiger partial charge in [0.1, 0.15) is 6.67 Å². The van der Waals surface area contributed by atoms with Crippen LogP contribution in [0.25, 0.3) is 0 Å². The number of hydrogen-bond donors (Lipinski definition) is 1. The van der Waals surface area contributed by atoms with E-state index in [1.165, 1.54) is 0 Å². The molecule has 1 aromatic heterocycles. The molecule has 1 heterocycles. The average Bonchev–Trinajstić information content (AvgIpc) is 2.19. The molecule has 1 N–H and O–H groups in total. The highest BCUT2D eigenvalue weighted by Gasteiger charge is 2.32. The van der Waals surface area contributed by atoms with Crippen LogP contribution in [-0.2, 0) is 6.67 Å². The maximum absolute atomic E-state index is 12.3. The molecule has 0 amide bonds. The van der Waals surface area contributed by atoms with Crippen molar-refractivity contribution in [2.75, 3.05) is 0 Å². The molecular formula is C8H5F4NO3. The van der Waals surface area contributed by atoms with E-state index in [2.05, 4.69) is 4.74 Å². The van der Waals surface area contributed by atoms with Crippen molar-refractivity contribution in [2.45, 2.75) is 13.0 Å². The number of aldehydes is 1. The lowest BCUT2D eigenvalue weighted by Gasteiger charge is -2.09. The summed E-state index contributed by atoms with van der Waals surface area (Å²) in [7, 11) is 0. The summed E-state index contributed by atoms with van der Waals surface area (Å²) in [5.74, 6) is -1.11. The molecular weight excluding hydrogens is 234 g/mol. The monoisotopic (exact) mass is 239 g/mol. The Hall–Kier alpha value is -1.86. The van der Waals surface area contributed by atoms with Crippen LogP contribution < -0.4 is 10.2 Å². The molecule has 0 saturated heterocycles. The van der Waals surface area contributed by atoms with E-state index < -0.39 is 35.5 Å². The maximum Gasteiger partial charge on any atom is 0.573 e. The Morgan fingerprint density at radius 3 is 2.50 bits per heavy atom. The Labute approximate surface area is 85.8 Å². The number of carbonyl (C=O) groups excluding carboxylic acids is 1. The first kappa shape index (κ1) is 12.2. The van der Waals surface area contributed by atoms with Crippen molar-refractivity contribution in [3.05, 3.63) is 27.7 Å². The van der Waals surface area contributed by atoms with E-state index in [-0.39, 0.29) is 6.29 Å². The molecule has 0 fully saturated rings. The number of aromatic amines is 1. The zero-order valence-corrected chi connectivity index (χ0v) is 7.60. The van der Waals surface area contributed by atoms with Crippen LogP contribution in [0.15, 0.2) is 11.0 Å². The second-order valence-electron chi connectivity index (χ2n) is 2.67. The molecule has 1 rings (SSSR count). The number of pyridine rings is 1. The third-order valence-corrected chi connectivity index (χ3v) is 1.66. The lowest BCUT2D eigenvalue weighted by Crippen LogP contribution is -2.24. The van der Waals surface area contributed by atoms with E-state index in [1.807, 2.05) is 4.98 Å². The van der Waals surface area contributed by atoms with E-state index in [0.717, 1.165) is 0 Å². The largest absolute Gasteiger partial charge is 0.573 e. The number of aromatic nitrogens is 1. The zero-order chi connectivity index (χ0) is 12.3. The van der Waals surface area contributed by atoms with Crippen LogP contribution in [-0.4, -0.2) is 17.6 Å². The highest BCUT2D eigenvalue weighted by Crippen LogP contribution is 2.19. The minimum absolute atomic E-state index is 0.133. The first-order chi connectivity index (χ1) is 7.39. The molecule has 0 atom stereocenters. The van der Waals surface area contributed by atoms with Crippen LogP contribution in [0.3, 0.4) is 0 Å². The molecule has 0 radical (unpaired) electrons. The van der Waals surface area contributed by atoms with E-state index in [0.29, 0.717) is 6.20 Å². The van der Waals surface area contributed by atoms with Crippen molar-refractivity contribution in [1.29, 1.82) is 0 Å². The van der Waals surface area contributed by atoms with Gasteiger partial charge < -0.3 is 9.72 Å². The van der Waals surface area contributed by atoms with Gasteiger partial charge in [-0.1, -0.05) is 0 Å². The van der Waals surface area contributed by atoms with Gasteiger partial charge >= 0.3 is 6.36 Å². The second-order valence-corrected chi connectivity index (χ2v) is 2.67. The van der Waals surface area contributed by atoms with Gasteiger partial charge in [0.15, 0.2) is 12.0 Å². The molecule has 0 bridgehead atoms. The van der Waals surface area contributed by atoms with Gasteiger partial charge in [0, 0.05) is 6.20 Å². The molecule has 88 valence electrons. The van der Waals surface area contributed by atoms with Crippen LogP contribution >= 0.6 is 0 Å². The number of halogens is 4. The van der Waals surface area contributed by atoms with Gasteiger partial charge in [-0.05, 0) is 0 Å². The Balaban J connectivity index is 3.25. The molecule has 0 saturated carbocycles. The second kappa shape index (κ2) is 4.33. The lowest BCUT2D eigenvalue weighted by molar-refractivity contribution is -0.275. The highest BCUT2D eigenvalue weighted by atomic mass is 19.4. The van der Waals surface area contributed by atoms with E-state index >= 15 is 0 Å². The molecule has 0 aliphatic heterocycles. The van der Waals surface area contributed by atoms with Gasteiger partial charge in [0.25, 0.3) is 0 Å². The molecule has 0 aliphatic rings. The van der Waals surface area contributed by atoms with Crippen molar-refractivity contribution in [3.63, 3.8) is 0 Å². The Morgan fingerprint density at radius 2 is 2.06 bits per heavy atom. The summed E-state index contributed by atoms with van der Waals surface area (Å²) < 4.78 is 51.1. The van der Waals surface area contributed by atoms with Gasteiger partial charge in [-0.25, -0.2) is 4.39 Å². The van der Waals surface area contributed by atoms with Crippen LogP contribution in [0.5, 0.6) is 5.75 Å². The number of carbonyl (C=O) groups is 1. The third-order valence-electron chi connectivity index (χ3n) is 1.66. The van der Waals surface area contributed by atoms with Crippen LogP contribution in [0.1, 0.15) is 16.1 Å². The van der Waals surface area contributed by atoms with E-state index in [4.69, 9.17) is 0 Å². The summed E-state index contributed by atoms with van der Waals surface area (Å²) in [6.45, 7) is -1.36. The van der Waals surface area contributed by atoms with Gasteiger partial charge in [-0.3, -0.25) is 9.59 Å². The number of ether oxygens (including phenoxy) is 1. The summed E-state index contributed by atoms with van der Waals surface area (Å²) in [5, 5.41) is 0. The van der Waals surface area contributed by atoms with Gasteiger partial charge in [0.2, 0.25) is 5.43 Å². The van der Waals surface area contributed by atoms with Gasteiger partial charge in [0.05, 0.1) is 11.3 Å². The molecule has 0 aromatic carbocycles. The van der Waals surface area contributed by atoms with E-state index in [1.54, 1.807) is 0 Å². The third kappa shape index (κ3) is 2.59. The molecule has 4 nitrogen and oxygen atoms in total. The molecule has 1 aromatic rings. The molecule has 0 unspecified atom stereocenters. The minimum Gasteiger partial charge on any atom is -0.400 e. The number of rotatable bonds is 3. The number of H-pyrrole nitrogens is 1. The molecule has 0 aliphatic carbocycles. The summed E-state index contributed by atoms with van der Waals surface area (Å²) in [6, 6.07) is 0. The van der Waals surface area contributed by atoms with Gasteiger partial charge in [-0.2, -0.15) is 0 Å². The lowest BCUT2D eigenvalue weighted by atomic mass is 10.2. The smallest absolute Gasteiger partial charge is 0.400 e. The Bertz CT molecular complexity index is 452. The fourth-order valence-corrected chi connectivity index (χ4v) is 1.01. The van der Waals surface area contributed by atoms with Crippen molar-refractivity contribution in [2.24, 2.45) is 0 Å². The van der Waals surface area contributed by atoms with Crippen molar-refractivity contribution >= 4 is 6.29 Å². The van der Waals surface area contributed by atoms with Crippen molar-refractivity contribution in [1.82, 2.24) is 4.98 Å². The SMILES string of the molecule is O=Cc1[nH]cc(OC(F)(F)F)c(=O)c1CF. The highest BCUT2D eigenvalue weighted by molar-refractivity contribution is 5.74. The standard InChI is InChI=1S/C8H5F4NO3/c9-1-4-5(3-14)13-2-6(7(4)15)16-8(10,11)12/h2-3H,1H2,(H,13,15). The zero-order valence-electron chi connectivity index (χ0n) is 7.60. The topological polar surface area (TPSA) is 59.2 Å². The normalized spacial score (nSPS) is 11.2. The molecule has 16 heavy (non-hydrogen) atoms. The molecule has 8 heteroatoms.